The fourth-order valence-electron chi connectivity index (χ4n) is 1.74. The minimum Gasteiger partial charge on any atom is -0.358 e. The molecule has 5 heteroatoms. The molecule has 0 fully saturated rings. The summed E-state index contributed by atoms with van der Waals surface area (Å²) < 4.78 is 0. The summed E-state index contributed by atoms with van der Waals surface area (Å²) in [4.78, 5) is 25.3. The molecule has 104 valence electrons. The quantitative estimate of drug-likeness (QED) is 0.795. The van der Waals surface area contributed by atoms with Crippen LogP contribution in [-0.4, -0.2) is 36.9 Å². The van der Waals surface area contributed by atoms with Crippen LogP contribution >= 0.6 is 0 Å². The molecule has 0 unspecified atom stereocenters. The summed E-state index contributed by atoms with van der Waals surface area (Å²) in [7, 11) is 1.56. The summed E-state index contributed by atoms with van der Waals surface area (Å²) >= 11 is 0. The van der Waals surface area contributed by atoms with Gasteiger partial charge in [0, 0.05) is 25.7 Å². The number of nitrogens with two attached hydrogens (primary N) is 1. The lowest BCUT2D eigenvalue weighted by molar-refractivity contribution is -0.121. The van der Waals surface area contributed by atoms with Crippen molar-refractivity contribution in [3.05, 3.63) is 35.4 Å². The van der Waals surface area contributed by atoms with Crippen LogP contribution in [0.4, 0.5) is 0 Å². The van der Waals surface area contributed by atoms with Crippen molar-refractivity contribution in [3.8, 4) is 0 Å². The second-order valence-corrected chi connectivity index (χ2v) is 4.30. The molecule has 0 saturated heterocycles. The van der Waals surface area contributed by atoms with Gasteiger partial charge in [0.05, 0.1) is 6.54 Å². The van der Waals surface area contributed by atoms with Crippen LogP contribution in [0.15, 0.2) is 24.3 Å². The number of nitrogens with one attached hydrogen (secondary N) is 1. The Morgan fingerprint density at radius 3 is 2.37 bits per heavy atom. The second kappa shape index (κ2) is 7.53. The van der Waals surface area contributed by atoms with Crippen molar-refractivity contribution in [3.63, 3.8) is 0 Å². The van der Waals surface area contributed by atoms with Gasteiger partial charge in [-0.25, -0.2) is 0 Å². The summed E-state index contributed by atoms with van der Waals surface area (Å²) in [5.41, 5.74) is 7.07. The summed E-state index contributed by atoms with van der Waals surface area (Å²) in [6, 6.07) is 7.16. The van der Waals surface area contributed by atoms with Gasteiger partial charge in [-0.05, 0) is 24.1 Å². The molecule has 0 aliphatic rings. The van der Waals surface area contributed by atoms with E-state index in [0.717, 1.165) is 12.0 Å². The van der Waals surface area contributed by atoms with Crippen LogP contribution in [0.2, 0.25) is 0 Å². The third kappa shape index (κ3) is 4.37. The van der Waals surface area contributed by atoms with Gasteiger partial charge in [0.25, 0.3) is 5.91 Å². The van der Waals surface area contributed by atoms with Crippen LogP contribution in [-0.2, 0) is 11.3 Å². The highest BCUT2D eigenvalue weighted by atomic mass is 16.2. The zero-order valence-corrected chi connectivity index (χ0v) is 11.5. The van der Waals surface area contributed by atoms with E-state index in [-0.39, 0.29) is 18.4 Å². The van der Waals surface area contributed by atoms with E-state index in [1.54, 1.807) is 24.1 Å². The zero-order chi connectivity index (χ0) is 14.3. The maximum Gasteiger partial charge on any atom is 0.254 e. The Bertz CT molecular complexity index is 429. The van der Waals surface area contributed by atoms with Crippen molar-refractivity contribution in [2.24, 2.45) is 5.73 Å². The van der Waals surface area contributed by atoms with Gasteiger partial charge in [0.1, 0.15) is 0 Å². The van der Waals surface area contributed by atoms with Crippen molar-refractivity contribution in [2.45, 2.75) is 19.9 Å². The standard InChI is InChI=1S/C14H21N3O2/c1-3-8-17(10-13(18)16-2)14(19)12-6-4-11(9-15)5-7-12/h4-7H,3,8-10,15H2,1-2H3,(H,16,18). The van der Waals surface area contributed by atoms with E-state index >= 15 is 0 Å². The minimum atomic E-state index is -0.166. The fraction of sp³-hybridized carbons (Fsp3) is 0.429. The lowest BCUT2D eigenvalue weighted by Crippen LogP contribution is -2.40. The van der Waals surface area contributed by atoms with Gasteiger partial charge in [0.2, 0.25) is 5.91 Å². The Morgan fingerprint density at radius 1 is 1.26 bits per heavy atom. The molecule has 0 saturated carbocycles. The van der Waals surface area contributed by atoms with Gasteiger partial charge >= 0.3 is 0 Å². The molecule has 0 heterocycles. The average Bonchev–Trinajstić information content (AvgIpc) is 2.46. The van der Waals surface area contributed by atoms with Gasteiger partial charge < -0.3 is 16.0 Å². The second-order valence-electron chi connectivity index (χ2n) is 4.30. The first kappa shape index (κ1) is 15.2. The Kier molecular flexibility index (Phi) is 6.02. The first-order valence-electron chi connectivity index (χ1n) is 6.41. The van der Waals surface area contributed by atoms with Crippen molar-refractivity contribution in [1.82, 2.24) is 10.2 Å². The largest absolute Gasteiger partial charge is 0.358 e. The van der Waals surface area contributed by atoms with E-state index in [4.69, 9.17) is 5.73 Å². The zero-order valence-electron chi connectivity index (χ0n) is 11.5. The number of hydrogen-bond donors (Lipinski definition) is 2. The first-order chi connectivity index (χ1) is 9.12. The molecule has 0 bridgehead atoms. The van der Waals surface area contributed by atoms with Crippen LogP contribution in [0.1, 0.15) is 29.3 Å². The number of carbonyl (C=O) groups excluding carboxylic acids is 2. The summed E-state index contributed by atoms with van der Waals surface area (Å²) in [5.74, 6) is -0.297. The number of likely N-dealkylation sites (N-methyl/N-ethyl adjacent to an activating group) is 1. The molecule has 3 N–H and O–H groups in total. The van der Waals surface area contributed by atoms with Crippen molar-refractivity contribution in [1.29, 1.82) is 0 Å². The third-order valence-electron chi connectivity index (χ3n) is 2.83. The van der Waals surface area contributed by atoms with Gasteiger partial charge in [-0.3, -0.25) is 9.59 Å². The topological polar surface area (TPSA) is 75.4 Å². The van der Waals surface area contributed by atoms with Gasteiger partial charge in [0.15, 0.2) is 0 Å². The van der Waals surface area contributed by atoms with E-state index < -0.39 is 0 Å². The van der Waals surface area contributed by atoms with Crippen LogP contribution in [0, 0.1) is 0 Å². The molecule has 0 radical (unpaired) electrons. The Labute approximate surface area is 113 Å². The predicted molar refractivity (Wildman–Crippen MR) is 74.6 cm³/mol. The molecule has 1 aromatic rings. The fourth-order valence-corrected chi connectivity index (χ4v) is 1.74. The third-order valence-corrected chi connectivity index (χ3v) is 2.83. The molecule has 0 aromatic heterocycles. The Balaban J connectivity index is 2.82. The summed E-state index contributed by atoms with van der Waals surface area (Å²) in [6.45, 7) is 3.07. The molecule has 1 rings (SSSR count). The number of hydrogen-bond acceptors (Lipinski definition) is 3. The number of nitrogens with zero attached hydrogens (tertiary/aromatic N) is 1. The van der Waals surface area contributed by atoms with E-state index in [1.807, 2.05) is 19.1 Å². The maximum absolute atomic E-state index is 12.3. The van der Waals surface area contributed by atoms with Crippen LogP contribution in [0.25, 0.3) is 0 Å². The smallest absolute Gasteiger partial charge is 0.254 e. The summed E-state index contributed by atoms with van der Waals surface area (Å²) in [6.07, 6.45) is 0.809. The molecule has 1 aromatic carbocycles. The van der Waals surface area contributed by atoms with E-state index in [0.29, 0.717) is 18.7 Å². The molecular weight excluding hydrogens is 242 g/mol. The molecule has 5 nitrogen and oxygen atoms in total. The highest BCUT2D eigenvalue weighted by Crippen LogP contribution is 2.08. The monoisotopic (exact) mass is 263 g/mol. The Hall–Kier alpha value is -1.88. The number of amides is 2. The lowest BCUT2D eigenvalue weighted by atomic mass is 10.1. The number of rotatable bonds is 6. The average molecular weight is 263 g/mol. The number of carbonyl (C=O) groups is 2. The van der Waals surface area contributed by atoms with Crippen molar-refractivity contribution in [2.75, 3.05) is 20.1 Å². The highest BCUT2D eigenvalue weighted by Gasteiger charge is 2.17. The highest BCUT2D eigenvalue weighted by molar-refractivity contribution is 5.96. The Morgan fingerprint density at radius 2 is 1.89 bits per heavy atom. The minimum absolute atomic E-state index is 0.0851. The van der Waals surface area contributed by atoms with Crippen molar-refractivity contribution < 1.29 is 9.59 Å². The number of benzene rings is 1. The molecule has 2 amide bonds. The van der Waals surface area contributed by atoms with Crippen molar-refractivity contribution >= 4 is 11.8 Å². The molecule has 0 spiro atoms. The molecule has 0 aliphatic heterocycles. The van der Waals surface area contributed by atoms with Crippen LogP contribution < -0.4 is 11.1 Å². The van der Waals surface area contributed by atoms with Gasteiger partial charge in [-0.1, -0.05) is 19.1 Å². The summed E-state index contributed by atoms with van der Waals surface area (Å²) in [5, 5.41) is 2.53. The van der Waals surface area contributed by atoms with Gasteiger partial charge in [-0.2, -0.15) is 0 Å². The van der Waals surface area contributed by atoms with Gasteiger partial charge in [-0.15, -0.1) is 0 Å². The lowest BCUT2D eigenvalue weighted by Gasteiger charge is -2.21. The molecular formula is C14H21N3O2. The first-order valence-corrected chi connectivity index (χ1v) is 6.41. The van der Waals surface area contributed by atoms with Crippen LogP contribution in [0.5, 0.6) is 0 Å². The van der Waals surface area contributed by atoms with E-state index in [1.165, 1.54) is 0 Å². The molecule has 0 atom stereocenters. The SMILES string of the molecule is CCCN(CC(=O)NC)C(=O)c1ccc(CN)cc1. The van der Waals surface area contributed by atoms with Crippen LogP contribution in [0.3, 0.4) is 0 Å². The normalized spacial score (nSPS) is 10.1. The maximum atomic E-state index is 12.3. The molecule has 0 aliphatic carbocycles. The predicted octanol–water partition coefficient (Wildman–Crippen LogP) is 0.743. The molecule has 19 heavy (non-hydrogen) atoms. The van der Waals surface area contributed by atoms with E-state index in [2.05, 4.69) is 5.32 Å². The van der Waals surface area contributed by atoms with E-state index in [9.17, 15) is 9.59 Å².